The van der Waals surface area contributed by atoms with E-state index >= 15 is 0 Å². The van der Waals surface area contributed by atoms with E-state index in [9.17, 15) is 34.4 Å². The van der Waals surface area contributed by atoms with Crippen LogP contribution in [-0.4, -0.2) is 49.9 Å². The van der Waals surface area contributed by atoms with Crippen molar-refractivity contribution in [1.82, 2.24) is 15.6 Å². The molecular weight excluding hydrogens is 438 g/mol. The summed E-state index contributed by atoms with van der Waals surface area (Å²) in [5.74, 6) is -4.75. The first kappa shape index (κ1) is 24.5. The molecule has 2 rings (SSSR count). The van der Waals surface area contributed by atoms with E-state index in [0.29, 0.717) is 0 Å². The summed E-state index contributed by atoms with van der Waals surface area (Å²) in [6, 6.07) is 8.71. The van der Waals surface area contributed by atoms with Crippen LogP contribution < -0.4 is 16.0 Å². The first-order valence-corrected chi connectivity index (χ1v) is 9.37. The molecule has 172 valence electrons. The third kappa shape index (κ3) is 7.43. The van der Waals surface area contributed by atoms with Crippen LogP contribution in [0.25, 0.3) is 0 Å². The molecule has 1 aromatic heterocycles. The van der Waals surface area contributed by atoms with Crippen LogP contribution in [0.2, 0.25) is 0 Å². The van der Waals surface area contributed by atoms with Crippen LogP contribution in [0.15, 0.2) is 60.6 Å². The van der Waals surface area contributed by atoms with Gasteiger partial charge in [-0.1, -0.05) is 18.2 Å². The van der Waals surface area contributed by atoms with Gasteiger partial charge in [0.25, 0.3) is 11.8 Å². The summed E-state index contributed by atoms with van der Waals surface area (Å²) in [5.41, 5.74) is -0.709. The zero-order valence-corrected chi connectivity index (χ0v) is 16.9. The molecule has 2 amide bonds. The van der Waals surface area contributed by atoms with Crippen molar-refractivity contribution in [2.45, 2.75) is 18.9 Å². The lowest BCUT2D eigenvalue weighted by Crippen LogP contribution is -2.44. The highest BCUT2D eigenvalue weighted by atomic mass is 16.6. The molecule has 0 radical (unpaired) electrons. The van der Waals surface area contributed by atoms with Crippen molar-refractivity contribution in [3.05, 3.63) is 76.2 Å². The van der Waals surface area contributed by atoms with E-state index < -0.39 is 58.9 Å². The van der Waals surface area contributed by atoms with Crippen LogP contribution in [0.4, 0.5) is 11.5 Å². The molecule has 0 saturated heterocycles. The molecule has 0 saturated carbocycles. The molecule has 13 heteroatoms. The third-order valence-corrected chi connectivity index (χ3v) is 4.12. The number of rotatable bonds is 11. The number of aromatic nitrogens is 1. The molecule has 0 bridgehead atoms. The number of carboxylic acids is 2. The fourth-order valence-electron chi connectivity index (χ4n) is 2.50. The Kier molecular flexibility index (Phi) is 8.56. The number of aliphatic carboxylic acids is 2. The minimum absolute atomic E-state index is 0.181. The third-order valence-electron chi connectivity index (χ3n) is 4.12. The van der Waals surface area contributed by atoms with E-state index in [-0.39, 0.29) is 11.4 Å². The summed E-state index contributed by atoms with van der Waals surface area (Å²) < 4.78 is 0. The number of benzene rings is 1. The van der Waals surface area contributed by atoms with E-state index in [2.05, 4.69) is 20.9 Å². The van der Waals surface area contributed by atoms with Crippen LogP contribution in [0.5, 0.6) is 0 Å². The maximum absolute atomic E-state index is 12.7. The number of amides is 2. The Balaban J connectivity index is 2.31. The lowest BCUT2D eigenvalue weighted by atomic mass is 10.1. The van der Waals surface area contributed by atoms with Crippen molar-refractivity contribution in [2.24, 2.45) is 0 Å². The van der Waals surface area contributed by atoms with Crippen molar-refractivity contribution in [3.8, 4) is 0 Å². The molecule has 2 aromatic rings. The first-order chi connectivity index (χ1) is 15.7. The van der Waals surface area contributed by atoms with Crippen LogP contribution >= 0.6 is 0 Å². The molecule has 13 nitrogen and oxygen atoms in total. The molecule has 0 fully saturated rings. The first-order valence-electron chi connectivity index (χ1n) is 9.37. The van der Waals surface area contributed by atoms with Gasteiger partial charge >= 0.3 is 17.6 Å². The Bertz CT molecular complexity index is 1090. The Morgan fingerprint density at radius 3 is 2.39 bits per heavy atom. The number of carboxylic acid groups (broad SMARTS) is 2. The highest BCUT2D eigenvalue weighted by Crippen LogP contribution is 2.20. The topological polar surface area (TPSA) is 201 Å². The Labute approximate surface area is 186 Å². The van der Waals surface area contributed by atoms with Gasteiger partial charge in [0.15, 0.2) is 0 Å². The van der Waals surface area contributed by atoms with Gasteiger partial charge in [-0.2, -0.15) is 0 Å². The molecule has 1 atom stereocenters. The summed E-state index contributed by atoms with van der Waals surface area (Å²) >= 11 is 0. The average Bonchev–Trinajstić information content (AvgIpc) is 2.79. The fraction of sp³-hybridized carbons (Fsp3) is 0.150. The molecule has 0 aliphatic heterocycles. The van der Waals surface area contributed by atoms with Gasteiger partial charge in [0.2, 0.25) is 5.82 Å². The number of anilines is 1. The maximum Gasteiger partial charge on any atom is 0.326 e. The van der Waals surface area contributed by atoms with E-state index in [1.807, 2.05) is 0 Å². The quantitative estimate of drug-likeness (QED) is 0.185. The number of nitrogens with one attached hydrogen (secondary N) is 3. The number of pyridine rings is 1. The minimum Gasteiger partial charge on any atom is -0.481 e. The largest absolute Gasteiger partial charge is 0.481 e. The lowest BCUT2D eigenvalue weighted by molar-refractivity contribution is -0.384. The SMILES string of the molecule is O=C(O)CCC(NC(=O)/C(=C/Nc1ncccc1[N+](=O)[O-])NC(=O)c1ccccc1)C(=O)O. The molecule has 33 heavy (non-hydrogen) atoms. The van der Waals surface area contributed by atoms with Crippen LogP contribution in [0, 0.1) is 10.1 Å². The van der Waals surface area contributed by atoms with E-state index in [1.165, 1.54) is 24.4 Å². The van der Waals surface area contributed by atoms with Crippen molar-refractivity contribution in [1.29, 1.82) is 0 Å². The second kappa shape index (κ2) is 11.5. The maximum atomic E-state index is 12.7. The standard InChI is InChI=1S/C20H19N5O8/c26-16(27)9-8-13(20(30)31)23-19(29)14(24-18(28)12-5-2-1-3-6-12)11-22-17-15(25(32)33)7-4-10-21-17/h1-7,10-11,13H,8-9H2,(H,21,22)(H,23,29)(H,24,28)(H,26,27)(H,30,31)/b14-11-. The number of hydrogen-bond donors (Lipinski definition) is 5. The predicted molar refractivity (Wildman–Crippen MR) is 113 cm³/mol. The number of carbonyl (C=O) groups excluding carboxylic acids is 2. The van der Waals surface area contributed by atoms with Gasteiger partial charge in [-0.25, -0.2) is 9.78 Å². The molecule has 1 unspecified atom stereocenters. The van der Waals surface area contributed by atoms with Crippen molar-refractivity contribution < 1.29 is 34.3 Å². The van der Waals surface area contributed by atoms with Crippen molar-refractivity contribution >= 4 is 35.3 Å². The fourth-order valence-corrected chi connectivity index (χ4v) is 2.50. The second-order valence-corrected chi connectivity index (χ2v) is 6.45. The van der Waals surface area contributed by atoms with Crippen LogP contribution in [0.1, 0.15) is 23.2 Å². The van der Waals surface area contributed by atoms with E-state index in [1.54, 1.807) is 18.2 Å². The van der Waals surface area contributed by atoms with Crippen molar-refractivity contribution in [2.75, 3.05) is 5.32 Å². The number of hydrogen-bond acceptors (Lipinski definition) is 8. The second-order valence-electron chi connectivity index (χ2n) is 6.45. The molecule has 0 aliphatic carbocycles. The van der Waals surface area contributed by atoms with Crippen molar-refractivity contribution in [3.63, 3.8) is 0 Å². The normalized spacial score (nSPS) is 11.7. The molecular formula is C20H19N5O8. The monoisotopic (exact) mass is 457 g/mol. The van der Waals surface area contributed by atoms with Gasteiger partial charge < -0.3 is 26.2 Å². The van der Waals surface area contributed by atoms with Crippen LogP contribution in [0.3, 0.4) is 0 Å². The molecule has 0 aliphatic rings. The zero-order chi connectivity index (χ0) is 24.4. The molecule has 1 heterocycles. The summed E-state index contributed by atoms with van der Waals surface area (Å²) in [6.45, 7) is 0. The smallest absolute Gasteiger partial charge is 0.326 e. The highest BCUT2D eigenvalue weighted by molar-refractivity contribution is 6.03. The summed E-state index contributed by atoms with van der Waals surface area (Å²) in [7, 11) is 0. The number of carbonyl (C=O) groups is 4. The van der Waals surface area contributed by atoms with Gasteiger partial charge in [-0.05, 0) is 24.6 Å². The Morgan fingerprint density at radius 2 is 1.79 bits per heavy atom. The number of nitrogens with zero attached hydrogens (tertiary/aromatic N) is 2. The summed E-state index contributed by atoms with van der Waals surface area (Å²) in [6.07, 6.45) is 1.25. The molecule has 1 aromatic carbocycles. The van der Waals surface area contributed by atoms with Gasteiger partial charge in [0.1, 0.15) is 11.7 Å². The zero-order valence-electron chi connectivity index (χ0n) is 16.9. The lowest BCUT2D eigenvalue weighted by Gasteiger charge is -2.16. The highest BCUT2D eigenvalue weighted by Gasteiger charge is 2.24. The average molecular weight is 457 g/mol. The summed E-state index contributed by atoms with van der Waals surface area (Å²) in [5, 5.41) is 36.1. The van der Waals surface area contributed by atoms with Crippen LogP contribution in [-0.2, 0) is 14.4 Å². The van der Waals surface area contributed by atoms with Gasteiger partial charge in [0, 0.05) is 30.4 Å². The molecule has 0 spiro atoms. The van der Waals surface area contributed by atoms with Gasteiger partial charge in [0.05, 0.1) is 4.92 Å². The minimum atomic E-state index is -1.56. The van der Waals surface area contributed by atoms with E-state index in [0.717, 1.165) is 12.3 Å². The predicted octanol–water partition coefficient (Wildman–Crippen LogP) is 1.11. The molecule has 5 N–H and O–H groups in total. The van der Waals surface area contributed by atoms with Gasteiger partial charge in [-0.15, -0.1) is 0 Å². The van der Waals surface area contributed by atoms with Gasteiger partial charge in [-0.3, -0.25) is 24.5 Å². The van der Waals surface area contributed by atoms with E-state index in [4.69, 9.17) is 5.11 Å². The Hall–Kier alpha value is -4.81. The number of nitro groups is 1. The Morgan fingerprint density at radius 1 is 1.09 bits per heavy atom. The summed E-state index contributed by atoms with van der Waals surface area (Å²) in [4.78, 5) is 61.6.